The van der Waals surface area contributed by atoms with E-state index in [-0.39, 0.29) is 0 Å². The maximum absolute atomic E-state index is 6.46. The molecule has 56 heavy (non-hydrogen) atoms. The van der Waals surface area contributed by atoms with Crippen LogP contribution in [0.1, 0.15) is 0 Å². The Bertz CT molecular complexity index is 3480. The second-order valence-corrected chi connectivity index (χ2v) is 14.3. The van der Waals surface area contributed by atoms with E-state index in [1.165, 1.54) is 21.5 Å². The molecule has 0 fully saturated rings. The molecule has 0 radical (unpaired) electrons. The number of hydrogen-bond acceptors (Lipinski definition) is 3. The van der Waals surface area contributed by atoms with Crippen LogP contribution in [0.4, 0.5) is 0 Å². The summed E-state index contributed by atoms with van der Waals surface area (Å²) in [6, 6.07) is 66.0. The molecule has 0 aliphatic rings. The average Bonchev–Trinajstić information content (AvgIpc) is 4.03. The molecule has 0 saturated carbocycles. The number of rotatable bonds is 5. The molecule has 0 atom stereocenters. The third kappa shape index (κ3) is 4.50. The number of para-hydroxylation sites is 6. The topological polar surface area (TPSA) is 53.7 Å². The minimum atomic E-state index is 0.681. The second-order valence-electron chi connectivity index (χ2n) is 14.3. The molecule has 0 saturated heterocycles. The Morgan fingerprint density at radius 1 is 0.375 bits per heavy atom. The molecule has 0 aliphatic carbocycles. The highest BCUT2D eigenvalue weighted by Gasteiger charge is 2.22. The summed E-state index contributed by atoms with van der Waals surface area (Å²) in [5.74, 6) is 1.46. The van der Waals surface area contributed by atoms with Gasteiger partial charge in [0, 0.05) is 49.5 Å². The van der Waals surface area contributed by atoms with E-state index >= 15 is 0 Å². The van der Waals surface area contributed by atoms with Gasteiger partial charge in [-0.3, -0.25) is 0 Å². The number of fused-ring (bicyclic) bond motifs is 9. The van der Waals surface area contributed by atoms with Gasteiger partial charge in [-0.05, 0) is 54.6 Å². The Kier molecular flexibility index (Phi) is 6.53. The van der Waals surface area contributed by atoms with Gasteiger partial charge in [-0.1, -0.05) is 127 Å². The lowest BCUT2D eigenvalue weighted by Crippen LogP contribution is -2.03. The van der Waals surface area contributed by atoms with Crippen LogP contribution in [0, 0.1) is 0 Å². The van der Waals surface area contributed by atoms with E-state index in [2.05, 4.69) is 149 Å². The molecule has 262 valence electrons. The minimum Gasteiger partial charge on any atom is -0.456 e. The maximum atomic E-state index is 6.46. The molecule has 0 spiro atoms. The van der Waals surface area contributed by atoms with Crippen molar-refractivity contribution in [1.29, 1.82) is 0 Å². The van der Waals surface area contributed by atoms with E-state index in [0.29, 0.717) is 5.82 Å². The standard InChI is InChI=1S/C50H31N5O/c1-3-15-32(16-4-1)49-51-50(55(52-49)34-17-5-2-6-18-34)33-27-28-37-35-19-7-10-22-41(35)53(45(37)29-33)43-24-12-13-25-44(43)54-42-23-11-8-20-36(42)39-30-40-38-21-9-14-26-47(38)56-48(40)31-46(39)54/h1-31H. The van der Waals surface area contributed by atoms with Crippen LogP contribution in [0.15, 0.2) is 192 Å². The molecular weight excluding hydrogens is 687 g/mol. The number of hydrogen-bond donors (Lipinski definition) is 0. The van der Waals surface area contributed by atoms with E-state index in [1.54, 1.807) is 0 Å². The first-order valence-electron chi connectivity index (χ1n) is 18.8. The van der Waals surface area contributed by atoms with Crippen molar-refractivity contribution in [1.82, 2.24) is 23.9 Å². The second kappa shape index (κ2) is 11.9. The quantitative estimate of drug-likeness (QED) is 0.178. The van der Waals surface area contributed by atoms with Crippen molar-refractivity contribution in [2.24, 2.45) is 0 Å². The number of aromatic nitrogens is 5. The van der Waals surface area contributed by atoms with Gasteiger partial charge in [0.15, 0.2) is 11.6 Å². The monoisotopic (exact) mass is 717 g/mol. The fourth-order valence-electron chi connectivity index (χ4n) is 8.62. The van der Waals surface area contributed by atoms with Crippen LogP contribution >= 0.6 is 0 Å². The summed E-state index contributed by atoms with van der Waals surface area (Å²) in [5, 5.41) is 12.0. The van der Waals surface area contributed by atoms with Gasteiger partial charge < -0.3 is 13.6 Å². The predicted molar refractivity (Wildman–Crippen MR) is 228 cm³/mol. The lowest BCUT2D eigenvalue weighted by molar-refractivity contribution is 0.669. The summed E-state index contributed by atoms with van der Waals surface area (Å²) in [7, 11) is 0. The lowest BCUT2D eigenvalue weighted by Gasteiger charge is -2.17. The largest absolute Gasteiger partial charge is 0.456 e. The summed E-state index contributed by atoms with van der Waals surface area (Å²) >= 11 is 0. The molecule has 6 heteroatoms. The number of benzene rings is 8. The SMILES string of the molecule is c1ccc(-c2nc(-c3ccc4c5ccccc5n(-c5ccccc5-n5c6ccccc6c6cc7c(cc65)oc5ccccc57)c4c3)n(-c3ccccc3)n2)cc1. The van der Waals surface area contributed by atoms with Crippen molar-refractivity contribution in [3.8, 4) is 39.8 Å². The Balaban J connectivity index is 1.13. The average molecular weight is 718 g/mol. The molecule has 12 aromatic rings. The van der Waals surface area contributed by atoms with Crippen LogP contribution in [0.5, 0.6) is 0 Å². The van der Waals surface area contributed by atoms with Crippen LogP contribution in [0.2, 0.25) is 0 Å². The molecule has 8 aromatic carbocycles. The zero-order chi connectivity index (χ0) is 36.7. The van der Waals surface area contributed by atoms with Gasteiger partial charge in [0.1, 0.15) is 11.2 Å². The Hall–Kier alpha value is -7.70. The number of nitrogens with zero attached hydrogens (tertiary/aromatic N) is 5. The lowest BCUT2D eigenvalue weighted by atomic mass is 10.1. The van der Waals surface area contributed by atoms with Gasteiger partial charge in [-0.2, -0.15) is 0 Å². The molecule has 0 aliphatic heterocycles. The van der Waals surface area contributed by atoms with E-state index in [0.717, 1.165) is 78.0 Å². The minimum absolute atomic E-state index is 0.681. The third-order valence-corrected chi connectivity index (χ3v) is 11.1. The van der Waals surface area contributed by atoms with Crippen LogP contribution in [0.25, 0.3) is 105 Å². The van der Waals surface area contributed by atoms with E-state index in [9.17, 15) is 0 Å². The normalized spacial score (nSPS) is 11.9. The fourth-order valence-corrected chi connectivity index (χ4v) is 8.62. The molecule has 0 unspecified atom stereocenters. The molecular formula is C50H31N5O. The van der Waals surface area contributed by atoms with Gasteiger partial charge in [0.2, 0.25) is 0 Å². The Labute approximate surface area is 320 Å². The highest BCUT2D eigenvalue weighted by Crippen LogP contribution is 2.41. The van der Waals surface area contributed by atoms with Crippen LogP contribution < -0.4 is 0 Å². The number of furan rings is 1. The highest BCUT2D eigenvalue weighted by molar-refractivity contribution is 6.18. The third-order valence-electron chi connectivity index (χ3n) is 11.1. The van der Waals surface area contributed by atoms with E-state index in [4.69, 9.17) is 14.5 Å². The van der Waals surface area contributed by atoms with Crippen LogP contribution in [-0.2, 0) is 0 Å². The van der Waals surface area contributed by atoms with Gasteiger partial charge in [0.25, 0.3) is 0 Å². The molecule has 6 nitrogen and oxygen atoms in total. The first-order chi connectivity index (χ1) is 27.8. The molecule has 0 N–H and O–H groups in total. The molecule has 4 aromatic heterocycles. The van der Waals surface area contributed by atoms with Gasteiger partial charge in [-0.15, -0.1) is 5.10 Å². The maximum Gasteiger partial charge on any atom is 0.182 e. The molecule has 0 bridgehead atoms. The van der Waals surface area contributed by atoms with E-state index < -0.39 is 0 Å². The Morgan fingerprint density at radius 3 is 1.68 bits per heavy atom. The van der Waals surface area contributed by atoms with E-state index in [1.807, 2.05) is 53.2 Å². The van der Waals surface area contributed by atoms with Crippen molar-refractivity contribution in [3.63, 3.8) is 0 Å². The first kappa shape index (κ1) is 30.7. The highest BCUT2D eigenvalue weighted by atomic mass is 16.3. The van der Waals surface area contributed by atoms with Gasteiger partial charge in [-0.25, -0.2) is 9.67 Å². The smallest absolute Gasteiger partial charge is 0.182 e. The van der Waals surface area contributed by atoms with Crippen LogP contribution in [-0.4, -0.2) is 23.9 Å². The van der Waals surface area contributed by atoms with Crippen molar-refractivity contribution < 1.29 is 4.42 Å². The molecule has 0 amide bonds. The zero-order valence-corrected chi connectivity index (χ0v) is 30.0. The molecule has 12 rings (SSSR count). The predicted octanol–water partition coefficient (Wildman–Crippen LogP) is 12.7. The fraction of sp³-hybridized carbons (Fsp3) is 0. The summed E-state index contributed by atoms with van der Waals surface area (Å²) < 4.78 is 13.2. The van der Waals surface area contributed by atoms with Crippen LogP contribution in [0.3, 0.4) is 0 Å². The van der Waals surface area contributed by atoms with Crippen molar-refractivity contribution in [3.05, 3.63) is 188 Å². The summed E-state index contributed by atoms with van der Waals surface area (Å²) in [5.41, 5.74) is 11.2. The summed E-state index contributed by atoms with van der Waals surface area (Å²) in [4.78, 5) is 5.19. The van der Waals surface area contributed by atoms with Gasteiger partial charge >= 0.3 is 0 Å². The first-order valence-corrected chi connectivity index (χ1v) is 18.8. The Morgan fingerprint density at radius 2 is 0.946 bits per heavy atom. The zero-order valence-electron chi connectivity index (χ0n) is 30.0. The summed E-state index contributed by atoms with van der Waals surface area (Å²) in [6.45, 7) is 0. The van der Waals surface area contributed by atoms with Crippen molar-refractivity contribution in [2.75, 3.05) is 0 Å². The molecule has 4 heterocycles. The van der Waals surface area contributed by atoms with Crippen molar-refractivity contribution >= 4 is 65.6 Å². The van der Waals surface area contributed by atoms with Gasteiger partial charge in [0.05, 0.1) is 39.1 Å². The summed E-state index contributed by atoms with van der Waals surface area (Å²) in [6.07, 6.45) is 0. The van der Waals surface area contributed by atoms with Crippen molar-refractivity contribution in [2.45, 2.75) is 0 Å².